The fourth-order valence-corrected chi connectivity index (χ4v) is 2.27. The molecule has 2 rings (SSSR count). The monoisotopic (exact) mass is 207 g/mol. The molecule has 1 aliphatic rings. The van der Waals surface area contributed by atoms with Crippen LogP contribution in [0.25, 0.3) is 0 Å². The van der Waals surface area contributed by atoms with E-state index in [9.17, 15) is 0 Å². The zero-order valence-corrected chi connectivity index (χ0v) is 9.60. The van der Waals surface area contributed by atoms with Gasteiger partial charge in [-0.15, -0.1) is 11.8 Å². The Kier molecular flexibility index (Phi) is 3.02. The van der Waals surface area contributed by atoms with Gasteiger partial charge in [0, 0.05) is 16.6 Å². The van der Waals surface area contributed by atoms with E-state index in [1.807, 2.05) is 0 Å². The van der Waals surface area contributed by atoms with Crippen molar-refractivity contribution in [1.29, 1.82) is 0 Å². The lowest BCUT2D eigenvalue weighted by Gasteiger charge is -2.35. The Morgan fingerprint density at radius 3 is 2.79 bits per heavy atom. The van der Waals surface area contributed by atoms with Crippen molar-refractivity contribution in [3.63, 3.8) is 0 Å². The fraction of sp³-hybridized carbons (Fsp3) is 0.500. The van der Waals surface area contributed by atoms with E-state index in [1.165, 1.54) is 23.4 Å². The summed E-state index contributed by atoms with van der Waals surface area (Å²) in [6.45, 7) is 2.32. The molecule has 76 valence electrons. The van der Waals surface area contributed by atoms with Crippen LogP contribution >= 0.6 is 11.8 Å². The third-order valence-electron chi connectivity index (χ3n) is 3.04. The molecule has 1 aromatic carbocycles. The van der Waals surface area contributed by atoms with Crippen LogP contribution in [0.15, 0.2) is 29.2 Å². The van der Waals surface area contributed by atoms with Crippen LogP contribution in [0.5, 0.6) is 0 Å². The van der Waals surface area contributed by atoms with Crippen molar-refractivity contribution in [2.24, 2.45) is 5.92 Å². The van der Waals surface area contributed by atoms with E-state index in [0.29, 0.717) is 6.04 Å². The lowest BCUT2D eigenvalue weighted by atomic mass is 9.81. The second-order valence-electron chi connectivity index (χ2n) is 4.04. The Morgan fingerprint density at radius 2 is 2.21 bits per heavy atom. The van der Waals surface area contributed by atoms with Crippen LogP contribution in [0.2, 0.25) is 0 Å². The number of nitrogens with one attached hydrogen (secondary N) is 1. The third-order valence-corrected chi connectivity index (χ3v) is 3.77. The van der Waals surface area contributed by atoms with Crippen molar-refractivity contribution < 1.29 is 0 Å². The lowest BCUT2D eigenvalue weighted by molar-refractivity contribution is 0.303. The Balaban J connectivity index is 2.01. The summed E-state index contributed by atoms with van der Waals surface area (Å²) >= 11 is 1.80. The molecule has 1 fully saturated rings. The van der Waals surface area contributed by atoms with Gasteiger partial charge in [-0.1, -0.05) is 13.0 Å². The Morgan fingerprint density at radius 1 is 1.36 bits per heavy atom. The molecule has 14 heavy (non-hydrogen) atoms. The van der Waals surface area contributed by atoms with Gasteiger partial charge in [0.05, 0.1) is 0 Å². The minimum atomic E-state index is 0.701. The molecule has 0 aromatic heterocycles. The number of hydrogen-bond acceptors (Lipinski definition) is 2. The van der Waals surface area contributed by atoms with Crippen molar-refractivity contribution in [2.45, 2.75) is 30.7 Å². The maximum atomic E-state index is 3.59. The number of hydrogen-bond donors (Lipinski definition) is 1. The third kappa shape index (κ3) is 2.06. The fourth-order valence-electron chi connectivity index (χ4n) is 1.81. The predicted octanol–water partition coefficient (Wildman–Crippen LogP) is 3.62. The molecule has 2 heteroatoms. The molecule has 0 amide bonds. The van der Waals surface area contributed by atoms with Gasteiger partial charge in [0.2, 0.25) is 0 Å². The molecular formula is C12H17NS. The maximum absolute atomic E-state index is 3.59. The Hall–Kier alpha value is -0.630. The van der Waals surface area contributed by atoms with E-state index in [2.05, 4.69) is 42.8 Å². The predicted molar refractivity (Wildman–Crippen MR) is 64.0 cm³/mol. The standard InChI is InChI=1S/C12H17NS/c1-9-6-7-12(9)13-10-4-3-5-11(8-10)14-2/h3-5,8-9,12-13H,6-7H2,1-2H3. The molecule has 0 radical (unpaired) electrons. The van der Waals surface area contributed by atoms with Gasteiger partial charge in [0.1, 0.15) is 0 Å². The summed E-state index contributed by atoms with van der Waals surface area (Å²) in [5, 5.41) is 3.59. The highest BCUT2D eigenvalue weighted by atomic mass is 32.2. The summed E-state index contributed by atoms with van der Waals surface area (Å²) in [6, 6.07) is 9.37. The van der Waals surface area contributed by atoms with Crippen molar-refractivity contribution in [3.8, 4) is 0 Å². The second-order valence-corrected chi connectivity index (χ2v) is 4.92. The normalized spacial score (nSPS) is 25.6. The first-order valence-electron chi connectivity index (χ1n) is 5.20. The first-order chi connectivity index (χ1) is 6.79. The molecule has 0 heterocycles. The van der Waals surface area contributed by atoms with Gasteiger partial charge >= 0.3 is 0 Å². The van der Waals surface area contributed by atoms with Gasteiger partial charge in [-0.3, -0.25) is 0 Å². The highest BCUT2D eigenvalue weighted by molar-refractivity contribution is 7.98. The molecule has 1 aliphatic carbocycles. The molecule has 1 N–H and O–H groups in total. The van der Waals surface area contributed by atoms with Crippen LogP contribution in [-0.2, 0) is 0 Å². The van der Waals surface area contributed by atoms with E-state index in [-0.39, 0.29) is 0 Å². The van der Waals surface area contributed by atoms with Gasteiger partial charge in [-0.2, -0.15) is 0 Å². The van der Waals surface area contributed by atoms with Gasteiger partial charge in [-0.05, 0) is 43.2 Å². The SMILES string of the molecule is CSc1cccc(NC2CCC2C)c1. The quantitative estimate of drug-likeness (QED) is 0.760. The molecule has 0 aliphatic heterocycles. The maximum Gasteiger partial charge on any atom is 0.0353 e. The van der Waals surface area contributed by atoms with E-state index in [4.69, 9.17) is 0 Å². The largest absolute Gasteiger partial charge is 0.382 e. The molecule has 1 saturated carbocycles. The average Bonchev–Trinajstić information content (AvgIpc) is 2.24. The second kappa shape index (κ2) is 4.26. The number of anilines is 1. The van der Waals surface area contributed by atoms with E-state index in [0.717, 1.165) is 5.92 Å². The number of thioether (sulfide) groups is 1. The highest BCUT2D eigenvalue weighted by Gasteiger charge is 2.26. The van der Waals surface area contributed by atoms with E-state index < -0.39 is 0 Å². The van der Waals surface area contributed by atoms with Crippen LogP contribution in [0, 0.1) is 5.92 Å². The summed E-state index contributed by atoms with van der Waals surface area (Å²) in [4.78, 5) is 1.34. The molecule has 1 aromatic rings. The van der Waals surface area contributed by atoms with E-state index >= 15 is 0 Å². The Labute approximate surface area is 90.3 Å². The minimum absolute atomic E-state index is 0.701. The van der Waals surface area contributed by atoms with Crippen LogP contribution < -0.4 is 5.32 Å². The zero-order valence-electron chi connectivity index (χ0n) is 8.79. The lowest BCUT2D eigenvalue weighted by Crippen LogP contribution is -2.36. The van der Waals surface area contributed by atoms with Gasteiger partial charge in [0.15, 0.2) is 0 Å². The first kappa shape index (κ1) is 9.91. The summed E-state index contributed by atoms with van der Waals surface area (Å²) in [7, 11) is 0. The molecule has 0 saturated heterocycles. The summed E-state index contributed by atoms with van der Waals surface area (Å²) < 4.78 is 0. The van der Waals surface area contributed by atoms with Crippen molar-refractivity contribution in [3.05, 3.63) is 24.3 Å². The van der Waals surface area contributed by atoms with Crippen molar-refractivity contribution in [1.82, 2.24) is 0 Å². The van der Waals surface area contributed by atoms with Crippen LogP contribution in [0.3, 0.4) is 0 Å². The van der Waals surface area contributed by atoms with Crippen molar-refractivity contribution in [2.75, 3.05) is 11.6 Å². The average molecular weight is 207 g/mol. The van der Waals surface area contributed by atoms with Crippen LogP contribution in [-0.4, -0.2) is 12.3 Å². The number of rotatable bonds is 3. The molecule has 0 bridgehead atoms. The smallest absolute Gasteiger partial charge is 0.0353 e. The van der Waals surface area contributed by atoms with E-state index in [1.54, 1.807) is 11.8 Å². The van der Waals surface area contributed by atoms with Gasteiger partial charge < -0.3 is 5.32 Å². The first-order valence-corrected chi connectivity index (χ1v) is 6.42. The number of benzene rings is 1. The zero-order chi connectivity index (χ0) is 9.97. The minimum Gasteiger partial charge on any atom is -0.382 e. The Bertz CT molecular complexity index is 311. The van der Waals surface area contributed by atoms with Gasteiger partial charge in [0.25, 0.3) is 0 Å². The van der Waals surface area contributed by atoms with Crippen LogP contribution in [0.1, 0.15) is 19.8 Å². The molecule has 2 unspecified atom stereocenters. The van der Waals surface area contributed by atoms with Crippen LogP contribution in [0.4, 0.5) is 5.69 Å². The molecular weight excluding hydrogens is 190 g/mol. The van der Waals surface area contributed by atoms with Gasteiger partial charge in [-0.25, -0.2) is 0 Å². The summed E-state index contributed by atoms with van der Waals surface area (Å²) in [6.07, 6.45) is 4.82. The highest BCUT2D eigenvalue weighted by Crippen LogP contribution is 2.30. The summed E-state index contributed by atoms with van der Waals surface area (Å²) in [5.74, 6) is 0.841. The molecule has 0 spiro atoms. The molecule has 2 atom stereocenters. The summed E-state index contributed by atoms with van der Waals surface area (Å²) in [5.41, 5.74) is 1.27. The van der Waals surface area contributed by atoms with Crippen molar-refractivity contribution >= 4 is 17.4 Å². The topological polar surface area (TPSA) is 12.0 Å². The molecule has 1 nitrogen and oxygen atoms in total.